The number of hydrazine groups is 1. The van der Waals surface area contributed by atoms with Crippen LogP contribution in [0.25, 0.3) is 10.2 Å². The highest BCUT2D eigenvalue weighted by molar-refractivity contribution is 7.16. The first-order chi connectivity index (χ1) is 21.7. The molecule has 2 heterocycles. The van der Waals surface area contributed by atoms with Crippen LogP contribution in [0, 0.1) is 18.7 Å². The number of nitrogens with zero attached hydrogens (tertiary/aromatic N) is 5. The fourth-order valence-corrected chi connectivity index (χ4v) is 6.51. The van der Waals surface area contributed by atoms with Crippen molar-refractivity contribution < 1.29 is 23.9 Å². The number of amides is 4. The summed E-state index contributed by atoms with van der Waals surface area (Å²) in [5, 5.41) is 15.2. The second-order valence-corrected chi connectivity index (χ2v) is 12.3. The highest BCUT2D eigenvalue weighted by atomic mass is 32.1. The Labute approximate surface area is 268 Å². The maximum absolute atomic E-state index is 14.2. The van der Waals surface area contributed by atoms with Crippen LogP contribution in [0.15, 0.2) is 54.6 Å². The molecule has 1 aromatic heterocycles. The molecule has 3 aromatic rings. The van der Waals surface area contributed by atoms with Crippen molar-refractivity contribution in [3.63, 3.8) is 0 Å². The molecule has 4 amide bonds. The molecule has 2 N–H and O–H groups in total. The lowest BCUT2D eigenvalue weighted by molar-refractivity contribution is -0.157. The monoisotopic (exact) mass is 638 g/mol. The third-order valence-corrected chi connectivity index (χ3v) is 9.09. The van der Waals surface area contributed by atoms with Crippen molar-refractivity contribution in [3.05, 3.63) is 71.5 Å². The molecule has 1 saturated carbocycles. The fourth-order valence-electron chi connectivity index (χ4n) is 5.77. The predicted molar refractivity (Wildman–Crippen MR) is 174 cm³/mol. The third-order valence-electron chi connectivity index (χ3n) is 8.25. The summed E-state index contributed by atoms with van der Waals surface area (Å²) in [7, 11) is 0. The average molecular weight is 639 g/mol. The van der Waals surface area contributed by atoms with E-state index in [2.05, 4.69) is 16.9 Å². The first-order valence-corrected chi connectivity index (χ1v) is 16.3. The van der Waals surface area contributed by atoms with Gasteiger partial charge in [-0.25, -0.2) is 24.2 Å². The van der Waals surface area contributed by atoms with E-state index in [0.29, 0.717) is 47.9 Å². The van der Waals surface area contributed by atoms with Crippen LogP contribution in [0.5, 0.6) is 5.75 Å². The summed E-state index contributed by atoms with van der Waals surface area (Å²) in [5.41, 5.74) is 3.99. The molecule has 10 nitrogen and oxygen atoms in total. The zero-order valence-electron chi connectivity index (χ0n) is 26.0. The number of piperazine rings is 1. The number of phenolic OH excluding ortho intramolecular Hbond substituents is 1. The van der Waals surface area contributed by atoms with Gasteiger partial charge in [-0.1, -0.05) is 56.0 Å². The van der Waals surface area contributed by atoms with Crippen molar-refractivity contribution in [2.24, 2.45) is 5.92 Å². The van der Waals surface area contributed by atoms with Gasteiger partial charge in [-0.15, -0.1) is 17.9 Å². The Morgan fingerprint density at radius 3 is 2.58 bits per heavy atom. The number of benzene rings is 2. The lowest BCUT2D eigenvalue weighted by Gasteiger charge is -2.47. The van der Waals surface area contributed by atoms with E-state index in [-0.39, 0.29) is 37.4 Å². The Morgan fingerprint density at radius 1 is 1.20 bits per heavy atom. The van der Waals surface area contributed by atoms with Crippen LogP contribution in [0.1, 0.15) is 50.2 Å². The van der Waals surface area contributed by atoms with Crippen LogP contribution in [0.3, 0.4) is 0 Å². The predicted octanol–water partition coefficient (Wildman–Crippen LogP) is 5.28. The highest BCUT2D eigenvalue weighted by Crippen LogP contribution is 2.27. The summed E-state index contributed by atoms with van der Waals surface area (Å²) in [4.78, 5) is 46.0. The zero-order chi connectivity index (χ0) is 32.3. The van der Waals surface area contributed by atoms with Gasteiger partial charge < -0.3 is 20.2 Å². The summed E-state index contributed by atoms with van der Waals surface area (Å²) in [6.45, 7) is 9.39. The molecule has 2 aromatic carbocycles. The normalized spacial score (nSPS) is 17.2. The van der Waals surface area contributed by atoms with Crippen LogP contribution in [0.2, 0.25) is 0 Å². The van der Waals surface area contributed by atoms with E-state index in [9.17, 15) is 18.8 Å². The van der Waals surface area contributed by atoms with Crippen LogP contribution in [-0.4, -0.2) is 87.1 Å². The molecule has 5 rings (SSSR count). The number of fused-ring (bicyclic) bond motifs is 1. The number of likely N-dealkylation sites (N-methyl/N-ethyl adjacent to an activating group) is 1. The summed E-state index contributed by atoms with van der Waals surface area (Å²) in [6, 6.07) is 9.81. The number of thiazole rings is 1. The Hall–Kier alpha value is -4.03. The Balaban J connectivity index is 0.000000501. The average Bonchev–Trinajstić information content (AvgIpc) is 3.56. The van der Waals surface area contributed by atoms with Crippen LogP contribution < -0.4 is 5.32 Å². The van der Waals surface area contributed by atoms with Crippen molar-refractivity contribution >= 4 is 39.9 Å². The summed E-state index contributed by atoms with van der Waals surface area (Å²) in [5.74, 6) is 0.181. The standard InChI is InChI=1S/C26H35FN6O3S.C7H8O/c1-3-12-32(4-2)33(26(36)28-13-19-8-6-5-7-9-19)22-15-30(23(35)16-31(22)18-34)14-20-10-11-21(27)25-24(20)29-17-37-25;1-6-2-4-7(8)5-3-6/h3,10-11,17-19,22H,1,4-9,12-16H2,2H3,(H,28,36);2-5,8H,1H3. The van der Waals surface area contributed by atoms with Gasteiger partial charge in [0.2, 0.25) is 12.3 Å². The summed E-state index contributed by atoms with van der Waals surface area (Å²) < 4.78 is 14.6. The molecule has 1 aliphatic heterocycles. The van der Waals surface area contributed by atoms with Crippen molar-refractivity contribution in [1.82, 2.24) is 30.1 Å². The Morgan fingerprint density at radius 2 is 1.93 bits per heavy atom. The van der Waals surface area contributed by atoms with E-state index >= 15 is 0 Å². The number of hydrogen-bond donors (Lipinski definition) is 2. The zero-order valence-corrected chi connectivity index (χ0v) is 26.8. The SMILES string of the molecule is C=CCN(CC)N(C(=O)NCC1CCCCC1)C1CN(Cc2ccc(F)c3scnc23)C(=O)CN1C=O.Cc1ccc(O)cc1. The number of carbonyl (C=O) groups excluding carboxylic acids is 3. The number of phenols is 1. The first-order valence-electron chi connectivity index (χ1n) is 15.4. The molecule has 12 heteroatoms. The van der Waals surface area contributed by atoms with E-state index in [1.165, 1.54) is 47.1 Å². The molecule has 0 radical (unpaired) electrons. The second-order valence-electron chi connectivity index (χ2n) is 11.4. The molecule has 2 aliphatic rings. The lowest BCUT2D eigenvalue weighted by Crippen LogP contribution is -2.67. The number of urea groups is 1. The topological polar surface area (TPSA) is 109 Å². The number of aromatic nitrogens is 1. The summed E-state index contributed by atoms with van der Waals surface area (Å²) in [6.07, 6.45) is 7.41. The molecule has 1 saturated heterocycles. The van der Waals surface area contributed by atoms with Crippen LogP contribution in [0.4, 0.5) is 9.18 Å². The van der Waals surface area contributed by atoms with Gasteiger partial charge >= 0.3 is 6.03 Å². The lowest BCUT2D eigenvalue weighted by atomic mass is 9.89. The maximum atomic E-state index is 14.2. The number of aromatic hydroxyl groups is 1. The summed E-state index contributed by atoms with van der Waals surface area (Å²) >= 11 is 1.21. The largest absolute Gasteiger partial charge is 0.508 e. The fraction of sp³-hybridized carbons (Fsp3) is 0.455. The molecule has 0 spiro atoms. The Bertz CT molecular complexity index is 1420. The Kier molecular flexibility index (Phi) is 12.3. The minimum absolute atomic E-state index is 0.116. The number of carbonyl (C=O) groups is 3. The van der Waals surface area contributed by atoms with Crippen molar-refractivity contribution in [1.29, 1.82) is 0 Å². The smallest absolute Gasteiger partial charge is 0.333 e. The number of rotatable bonds is 10. The van der Waals surface area contributed by atoms with Gasteiger partial charge in [-0.05, 0) is 49.4 Å². The minimum Gasteiger partial charge on any atom is -0.508 e. The molecule has 45 heavy (non-hydrogen) atoms. The third kappa shape index (κ3) is 8.79. The molecule has 1 atom stereocenters. The maximum Gasteiger partial charge on any atom is 0.333 e. The van der Waals surface area contributed by atoms with E-state index in [0.717, 1.165) is 18.4 Å². The van der Waals surface area contributed by atoms with E-state index < -0.39 is 6.17 Å². The first kappa shape index (κ1) is 33.9. The molecule has 0 bridgehead atoms. The highest BCUT2D eigenvalue weighted by Gasteiger charge is 2.40. The number of hydrogen-bond acceptors (Lipinski definition) is 7. The van der Waals surface area contributed by atoms with Crippen LogP contribution in [-0.2, 0) is 16.1 Å². The van der Waals surface area contributed by atoms with Gasteiger partial charge in [-0.2, -0.15) is 0 Å². The molecule has 2 fully saturated rings. The van der Waals surface area contributed by atoms with Crippen molar-refractivity contribution in [2.45, 2.75) is 58.7 Å². The van der Waals surface area contributed by atoms with E-state index in [1.807, 2.05) is 31.0 Å². The molecule has 1 aliphatic carbocycles. The van der Waals surface area contributed by atoms with Gasteiger partial charge in [0.25, 0.3) is 0 Å². The second kappa shape index (κ2) is 16.3. The number of aryl methyl sites for hydroxylation is 1. The van der Waals surface area contributed by atoms with Gasteiger partial charge in [-0.3, -0.25) is 9.59 Å². The van der Waals surface area contributed by atoms with Crippen molar-refractivity contribution in [3.8, 4) is 5.75 Å². The number of nitrogens with one attached hydrogen (secondary N) is 1. The minimum atomic E-state index is -0.701. The van der Waals surface area contributed by atoms with Gasteiger partial charge in [0.15, 0.2) is 0 Å². The van der Waals surface area contributed by atoms with Crippen molar-refractivity contribution in [2.75, 3.05) is 32.7 Å². The van der Waals surface area contributed by atoms with Gasteiger partial charge in [0.05, 0.1) is 22.3 Å². The van der Waals surface area contributed by atoms with Gasteiger partial charge in [0, 0.05) is 26.2 Å². The molecule has 242 valence electrons. The molecule has 1 unspecified atom stereocenters. The van der Waals surface area contributed by atoms with E-state index in [1.54, 1.807) is 39.7 Å². The van der Waals surface area contributed by atoms with Crippen LogP contribution >= 0.6 is 11.3 Å². The molecular weight excluding hydrogens is 595 g/mol. The van der Waals surface area contributed by atoms with E-state index in [4.69, 9.17) is 5.11 Å². The van der Waals surface area contributed by atoms with Gasteiger partial charge in [0.1, 0.15) is 24.3 Å². The quantitative estimate of drug-likeness (QED) is 0.178. The number of halogens is 1. The molecular formula is C33H43FN6O4S.